The van der Waals surface area contributed by atoms with Crippen molar-refractivity contribution in [1.29, 1.82) is 0 Å². The minimum atomic E-state index is -1.27. The summed E-state index contributed by atoms with van der Waals surface area (Å²) in [5, 5.41) is 26.3. The van der Waals surface area contributed by atoms with Gasteiger partial charge in [-0.05, 0) is 13.0 Å². The van der Waals surface area contributed by atoms with E-state index in [0.717, 1.165) is 7.11 Å². The first-order valence-electron chi connectivity index (χ1n) is 7.57. The third-order valence-corrected chi connectivity index (χ3v) is 3.05. The fourth-order valence-electron chi connectivity index (χ4n) is 1.79. The molecule has 1 unspecified atom stereocenters. The monoisotopic (exact) mass is 399 g/mol. The number of nitro groups is 1. The third kappa shape index (κ3) is 7.51. The van der Waals surface area contributed by atoms with Crippen LogP contribution in [-0.2, 0) is 19.1 Å². The van der Waals surface area contributed by atoms with E-state index in [1.165, 1.54) is 31.2 Å². The molecule has 1 rings (SSSR count). The highest BCUT2D eigenvalue weighted by molar-refractivity contribution is 6.07. The number of benzene rings is 1. The predicted molar refractivity (Wildman–Crippen MR) is 93.1 cm³/mol. The van der Waals surface area contributed by atoms with Crippen molar-refractivity contribution in [3.63, 3.8) is 0 Å². The minimum Gasteiger partial charge on any atom is -0.462 e. The molecule has 0 radical (unpaired) electrons. The van der Waals surface area contributed by atoms with Gasteiger partial charge in [-0.25, -0.2) is 15.0 Å². The van der Waals surface area contributed by atoms with Crippen LogP contribution in [-0.4, -0.2) is 54.1 Å². The van der Waals surface area contributed by atoms with Crippen LogP contribution in [0.2, 0.25) is 0 Å². The normalized spacial score (nSPS) is 11.7. The number of methoxy groups -OCH3 is 1. The zero-order valence-electron chi connectivity index (χ0n) is 14.8. The lowest BCUT2D eigenvalue weighted by molar-refractivity contribution is -0.757. The Morgan fingerprint density at radius 1 is 1.25 bits per heavy atom. The lowest BCUT2D eigenvalue weighted by atomic mass is 10.1. The van der Waals surface area contributed by atoms with Gasteiger partial charge in [0.15, 0.2) is 6.04 Å². The van der Waals surface area contributed by atoms with Crippen LogP contribution in [0.4, 0.5) is 16.2 Å². The van der Waals surface area contributed by atoms with Gasteiger partial charge in [0.25, 0.3) is 10.8 Å². The molecule has 0 fully saturated rings. The minimum absolute atomic E-state index is 0.0251. The number of ether oxygens (including phenoxy) is 2. The molecule has 14 heteroatoms. The highest BCUT2D eigenvalue weighted by atomic mass is 17.0. The van der Waals surface area contributed by atoms with Gasteiger partial charge in [-0.2, -0.15) is 5.10 Å². The summed E-state index contributed by atoms with van der Waals surface area (Å²) in [5.41, 5.74) is 2.02. The number of carbonyl (C=O) groups is 2. The first-order chi connectivity index (χ1) is 13.2. The summed E-state index contributed by atoms with van der Waals surface area (Å²) in [4.78, 5) is 47.8. The van der Waals surface area contributed by atoms with Gasteiger partial charge in [0, 0.05) is 17.8 Å². The zero-order chi connectivity index (χ0) is 21.1. The zero-order valence-corrected chi connectivity index (χ0v) is 14.8. The number of anilines is 1. The quantitative estimate of drug-likeness (QED) is 0.188. The van der Waals surface area contributed by atoms with Crippen LogP contribution in [0.1, 0.15) is 6.92 Å². The molecule has 1 amide bonds. The van der Waals surface area contributed by atoms with Crippen LogP contribution in [0.25, 0.3) is 0 Å². The van der Waals surface area contributed by atoms with Crippen LogP contribution in [0.5, 0.6) is 0 Å². The molecule has 0 aliphatic carbocycles. The number of rotatable bonds is 10. The van der Waals surface area contributed by atoms with E-state index in [0.29, 0.717) is 0 Å². The second-order valence-electron chi connectivity index (χ2n) is 4.97. The number of hydrazone groups is 1. The molecule has 0 aliphatic rings. The number of hydrogen-bond acceptors (Lipinski definition) is 11. The Hall–Kier alpha value is -3.97. The largest absolute Gasteiger partial charge is 0.462 e. The molecular formula is C14H17N5O9. The van der Waals surface area contributed by atoms with E-state index in [1.807, 2.05) is 5.43 Å². The summed E-state index contributed by atoms with van der Waals surface area (Å²) in [7, 11) is 1.11. The maximum absolute atomic E-state index is 12.3. The van der Waals surface area contributed by atoms with E-state index in [4.69, 9.17) is 4.74 Å². The number of non-ortho nitro benzene ring substituents is 1. The number of esters is 1. The molecule has 0 saturated carbocycles. The number of nitrogens with one attached hydrogen (secondary N) is 2. The number of amides is 1. The molecule has 1 aromatic rings. The lowest BCUT2D eigenvalue weighted by Gasteiger charge is -2.18. The van der Waals surface area contributed by atoms with Crippen LogP contribution >= 0.6 is 0 Å². The van der Waals surface area contributed by atoms with Crippen molar-refractivity contribution in [1.82, 2.24) is 5.43 Å². The molecular weight excluding hydrogens is 382 g/mol. The molecule has 0 saturated heterocycles. The van der Waals surface area contributed by atoms with Gasteiger partial charge >= 0.3 is 12.1 Å². The molecule has 1 atom stereocenters. The molecule has 28 heavy (non-hydrogen) atoms. The van der Waals surface area contributed by atoms with Gasteiger partial charge in [0.1, 0.15) is 13.2 Å². The molecule has 152 valence electrons. The van der Waals surface area contributed by atoms with Crippen LogP contribution in [0.15, 0.2) is 29.4 Å². The average molecular weight is 399 g/mol. The summed E-state index contributed by atoms with van der Waals surface area (Å²) < 4.78 is 9.22. The first-order valence-corrected chi connectivity index (χ1v) is 7.57. The number of nitrogens with zero attached hydrogens (tertiary/aromatic N) is 3. The summed E-state index contributed by atoms with van der Waals surface area (Å²) in [5.74, 6) is -0.911. The molecule has 0 heterocycles. The standard InChI is InChI=1S/C14H17N5O9/c1-9(16-17-14(21)26-2)12(13(20)27-6-7-28-19(24)25)15-10-4-3-5-11(8-10)18(22)23/h3-5,8,12,15H,6-7H2,1-2H3,(H,17,21). The molecule has 2 N–H and O–H groups in total. The Labute approximate surface area is 157 Å². The van der Waals surface area contributed by atoms with E-state index in [2.05, 4.69) is 20.0 Å². The molecule has 0 spiro atoms. The Bertz CT molecular complexity index is 767. The maximum atomic E-state index is 12.3. The summed E-state index contributed by atoms with van der Waals surface area (Å²) in [6, 6.07) is 4.02. The lowest BCUT2D eigenvalue weighted by Crippen LogP contribution is -2.39. The number of carbonyl (C=O) groups excluding carboxylic acids is 2. The molecule has 0 aromatic heterocycles. The van der Waals surface area contributed by atoms with Gasteiger partial charge in [-0.15, -0.1) is 10.1 Å². The topological polar surface area (TPSA) is 185 Å². The number of hydrogen-bond donors (Lipinski definition) is 2. The molecule has 0 bridgehead atoms. The SMILES string of the molecule is COC(=O)NN=C(C)C(Nc1cccc([N+](=O)[O-])c1)C(=O)OCCO[N+](=O)[O-]. The van der Waals surface area contributed by atoms with Crippen molar-refractivity contribution >= 4 is 29.1 Å². The fraction of sp³-hybridized carbons (Fsp3) is 0.357. The van der Waals surface area contributed by atoms with E-state index in [-0.39, 0.29) is 17.1 Å². The van der Waals surface area contributed by atoms with Crippen molar-refractivity contribution in [2.24, 2.45) is 5.10 Å². The Morgan fingerprint density at radius 2 is 1.96 bits per heavy atom. The highest BCUT2D eigenvalue weighted by Gasteiger charge is 2.24. The van der Waals surface area contributed by atoms with Crippen molar-refractivity contribution in [3.8, 4) is 0 Å². The van der Waals surface area contributed by atoms with Crippen molar-refractivity contribution in [3.05, 3.63) is 44.5 Å². The van der Waals surface area contributed by atoms with Crippen molar-refractivity contribution < 1.29 is 33.9 Å². The molecule has 1 aromatic carbocycles. The van der Waals surface area contributed by atoms with Crippen LogP contribution in [0, 0.1) is 20.2 Å². The smallest absolute Gasteiger partial charge is 0.427 e. The van der Waals surface area contributed by atoms with Crippen molar-refractivity contribution in [2.75, 3.05) is 25.6 Å². The van der Waals surface area contributed by atoms with E-state index < -0.39 is 41.3 Å². The van der Waals surface area contributed by atoms with E-state index >= 15 is 0 Å². The van der Waals surface area contributed by atoms with Gasteiger partial charge in [0.2, 0.25) is 0 Å². The van der Waals surface area contributed by atoms with E-state index in [1.54, 1.807) is 0 Å². The summed E-state index contributed by atoms with van der Waals surface area (Å²) >= 11 is 0. The second kappa shape index (κ2) is 10.9. The van der Waals surface area contributed by atoms with Gasteiger partial charge in [-0.1, -0.05) is 6.07 Å². The molecule has 0 aliphatic heterocycles. The Kier molecular flexibility index (Phi) is 8.59. The number of nitro benzene ring substituents is 1. The predicted octanol–water partition coefficient (Wildman–Crippen LogP) is 0.859. The Balaban J connectivity index is 2.94. The third-order valence-electron chi connectivity index (χ3n) is 3.05. The second-order valence-corrected chi connectivity index (χ2v) is 4.97. The Morgan fingerprint density at radius 3 is 2.57 bits per heavy atom. The van der Waals surface area contributed by atoms with E-state index in [9.17, 15) is 29.8 Å². The van der Waals surface area contributed by atoms with Gasteiger partial charge in [0.05, 0.1) is 17.7 Å². The first kappa shape index (κ1) is 22.1. The van der Waals surface area contributed by atoms with Crippen molar-refractivity contribution in [2.45, 2.75) is 13.0 Å². The summed E-state index contributed by atoms with van der Waals surface area (Å²) in [6.45, 7) is 0.462. The van der Waals surface area contributed by atoms with Gasteiger partial charge in [-0.3, -0.25) is 10.1 Å². The maximum Gasteiger partial charge on any atom is 0.427 e. The van der Waals surface area contributed by atoms with Gasteiger partial charge < -0.3 is 19.6 Å². The summed E-state index contributed by atoms with van der Waals surface area (Å²) in [6.07, 6.45) is -0.888. The average Bonchev–Trinajstić information content (AvgIpc) is 2.67. The highest BCUT2D eigenvalue weighted by Crippen LogP contribution is 2.18. The molecule has 14 nitrogen and oxygen atoms in total. The van der Waals surface area contributed by atoms with Crippen LogP contribution < -0.4 is 10.7 Å². The van der Waals surface area contributed by atoms with Crippen LogP contribution in [0.3, 0.4) is 0 Å². The fourth-order valence-corrected chi connectivity index (χ4v) is 1.79.